The maximum Gasteiger partial charge on any atom is 0.325 e. The van der Waals surface area contributed by atoms with Crippen molar-refractivity contribution in [3.8, 4) is 5.75 Å². The Hall–Kier alpha value is -2.49. The summed E-state index contributed by atoms with van der Waals surface area (Å²) < 4.78 is 19.7. The molecule has 0 unspecified atom stereocenters. The summed E-state index contributed by atoms with van der Waals surface area (Å²) in [4.78, 5) is 25.7. The average molecular weight is 454 g/mol. The summed E-state index contributed by atoms with van der Waals surface area (Å²) in [5, 5.41) is 14.0. The first kappa shape index (κ1) is 21.8. The number of carbonyl (C=O) groups is 2. The highest BCUT2D eigenvalue weighted by Crippen LogP contribution is 2.17. The molecule has 0 saturated heterocycles. The van der Waals surface area contributed by atoms with Gasteiger partial charge in [0.2, 0.25) is 5.91 Å². The van der Waals surface area contributed by atoms with E-state index < -0.39 is 17.8 Å². The molecule has 3 amide bonds. The lowest BCUT2D eigenvalue weighted by atomic mass is 10.2. The number of anilines is 1. The first-order chi connectivity index (χ1) is 13.4. The summed E-state index contributed by atoms with van der Waals surface area (Å²) in [6, 6.07) is 10.4. The lowest BCUT2D eigenvalue weighted by Gasteiger charge is -2.21. The minimum atomic E-state index is -0.687. The lowest BCUT2D eigenvalue weighted by Crippen LogP contribution is -2.42. The molecule has 2 aromatic rings. The Kier molecular flexibility index (Phi) is 8.37. The largest absolute Gasteiger partial charge is 0.497 e. The summed E-state index contributed by atoms with van der Waals surface area (Å²) in [5.74, 6) is -0.347. The van der Waals surface area contributed by atoms with Crippen LogP contribution < -0.4 is 15.4 Å². The summed E-state index contributed by atoms with van der Waals surface area (Å²) in [6.07, 6.45) is 0. The molecule has 0 bridgehead atoms. The summed E-state index contributed by atoms with van der Waals surface area (Å²) in [6.45, 7) is -0.123. The van der Waals surface area contributed by atoms with Gasteiger partial charge in [0, 0.05) is 28.8 Å². The van der Waals surface area contributed by atoms with Gasteiger partial charge in [0.25, 0.3) is 0 Å². The Labute approximate surface area is 170 Å². The van der Waals surface area contributed by atoms with E-state index in [2.05, 4.69) is 26.6 Å². The molecule has 0 aliphatic rings. The number of urea groups is 1. The van der Waals surface area contributed by atoms with E-state index in [1.54, 1.807) is 41.3 Å². The molecule has 0 aliphatic heterocycles. The number of carbonyl (C=O) groups excluding carboxylic acids is 2. The van der Waals surface area contributed by atoms with Gasteiger partial charge in [0.05, 0.1) is 20.3 Å². The van der Waals surface area contributed by atoms with Gasteiger partial charge in [-0.15, -0.1) is 0 Å². The smallest absolute Gasteiger partial charge is 0.325 e. The van der Waals surface area contributed by atoms with E-state index in [0.29, 0.717) is 21.5 Å². The van der Waals surface area contributed by atoms with Crippen molar-refractivity contribution in [3.05, 3.63) is 58.3 Å². The second kappa shape index (κ2) is 10.7. The van der Waals surface area contributed by atoms with Crippen molar-refractivity contribution in [1.82, 2.24) is 10.2 Å². The molecule has 0 heterocycles. The van der Waals surface area contributed by atoms with E-state index >= 15 is 0 Å². The van der Waals surface area contributed by atoms with Gasteiger partial charge in [-0.2, -0.15) is 0 Å². The van der Waals surface area contributed by atoms with Gasteiger partial charge in [-0.05, 0) is 42.5 Å². The van der Waals surface area contributed by atoms with E-state index in [-0.39, 0.29) is 26.2 Å². The van der Waals surface area contributed by atoms with Crippen LogP contribution in [0.25, 0.3) is 0 Å². The Bertz CT molecular complexity index is 817. The fourth-order valence-corrected chi connectivity index (χ4v) is 2.88. The van der Waals surface area contributed by atoms with Crippen LogP contribution in [0.4, 0.5) is 14.9 Å². The molecule has 3 N–H and O–H groups in total. The van der Waals surface area contributed by atoms with E-state index in [4.69, 9.17) is 4.74 Å². The van der Waals surface area contributed by atoms with Gasteiger partial charge in [-0.3, -0.25) is 15.0 Å². The lowest BCUT2D eigenvalue weighted by molar-refractivity contribution is -0.121. The highest BCUT2D eigenvalue weighted by atomic mass is 79.9. The van der Waals surface area contributed by atoms with E-state index in [9.17, 15) is 19.1 Å². The molecule has 0 spiro atoms. The third kappa shape index (κ3) is 6.91. The van der Waals surface area contributed by atoms with Crippen molar-refractivity contribution in [2.45, 2.75) is 6.54 Å². The number of nitrogens with zero attached hydrogens (tertiary/aromatic N) is 1. The molecule has 0 fully saturated rings. The first-order valence-corrected chi connectivity index (χ1v) is 9.22. The number of amides is 3. The van der Waals surface area contributed by atoms with Crippen LogP contribution in [-0.4, -0.2) is 48.8 Å². The molecule has 28 heavy (non-hydrogen) atoms. The van der Waals surface area contributed by atoms with Crippen LogP contribution in [0.3, 0.4) is 0 Å². The Morgan fingerprint density at radius 1 is 1.21 bits per heavy atom. The number of ether oxygens (including phenoxy) is 1. The minimum absolute atomic E-state index is 0.110. The van der Waals surface area contributed by atoms with Crippen LogP contribution in [-0.2, 0) is 11.3 Å². The molecular weight excluding hydrogens is 433 g/mol. The predicted molar refractivity (Wildman–Crippen MR) is 107 cm³/mol. The van der Waals surface area contributed by atoms with Crippen molar-refractivity contribution >= 4 is 33.6 Å². The van der Waals surface area contributed by atoms with Gasteiger partial charge in [-0.1, -0.05) is 15.9 Å². The number of nitrogens with one attached hydrogen (secondary N) is 2. The fraction of sp³-hybridized carbons (Fsp3) is 0.263. The van der Waals surface area contributed by atoms with Crippen LogP contribution in [0.5, 0.6) is 5.75 Å². The van der Waals surface area contributed by atoms with Crippen LogP contribution in [0, 0.1) is 5.82 Å². The predicted octanol–water partition coefficient (Wildman–Crippen LogP) is 2.74. The van der Waals surface area contributed by atoms with Crippen molar-refractivity contribution in [3.63, 3.8) is 0 Å². The molecule has 9 heteroatoms. The van der Waals surface area contributed by atoms with Crippen molar-refractivity contribution in [2.24, 2.45) is 0 Å². The van der Waals surface area contributed by atoms with Gasteiger partial charge >= 0.3 is 6.03 Å². The normalized spacial score (nSPS) is 10.6. The minimum Gasteiger partial charge on any atom is -0.497 e. The summed E-state index contributed by atoms with van der Waals surface area (Å²) in [7, 11) is 1.53. The Balaban J connectivity index is 1.91. The monoisotopic (exact) mass is 453 g/mol. The number of aliphatic hydroxyl groups excluding tert-OH is 1. The van der Waals surface area contributed by atoms with E-state index in [0.717, 1.165) is 0 Å². The second-order valence-corrected chi connectivity index (χ2v) is 6.82. The standard InChI is InChI=1S/C19H21BrFN3O4/c1-28-16-5-3-15(4-6-16)22-19(27)23-18(26)12-24(8-9-25)11-13-10-14(20)2-7-17(13)21/h2-7,10,25H,8-9,11-12H2,1H3,(H2,22,23,26,27). The number of aliphatic hydroxyl groups is 1. The topological polar surface area (TPSA) is 90.9 Å². The van der Waals surface area contributed by atoms with Crippen LogP contribution >= 0.6 is 15.9 Å². The van der Waals surface area contributed by atoms with Crippen molar-refractivity contribution in [1.29, 1.82) is 0 Å². The second-order valence-electron chi connectivity index (χ2n) is 5.90. The molecule has 0 radical (unpaired) electrons. The van der Waals surface area contributed by atoms with Crippen molar-refractivity contribution < 1.29 is 23.8 Å². The fourth-order valence-electron chi connectivity index (χ4n) is 2.47. The molecule has 150 valence electrons. The molecule has 2 aromatic carbocycles. The number of methoxy groups -OCH3 is 1. The first-order valence-electron chi connectivity index (χ1n) is 8.43. The maximum absolute atomic E-state index is 13.9. The van der Waals surface area contributed by atoms with Gasteiger partial charge in [0.15, 0.2) is 0 Å². The molecule has 0 aromatic heterocycles. The van der Waals surface area contributed by atoms with Crippen LogP contribution in [0.15, 0.2) is 46.9 Å². The summed E-state index contributed by atoms with van der Waals surface area (Å²) >= 11 is 3.27. The third-order valence-corrected chi connectivity index (χ3v) is 4.28. The zero-order valence-electron chi connectivity index (χ0n) is 15.2. The molecular formula is C19H21BrFN3O4. The zero-order valence-corrected chi connectivity index (χ0v) is 16.8. The highest BCUT2D eigenvalue weighted by Gasteiger charge is 2.15. The molecule has 2 rings (SSSR count). The van der Waals surface area contributed by atoms with Crippen molar-refractivity contribution in [2.75, 3.05) is 32.1 Å². The van der Waals surface area contributed by atoms with E-state index in [1.165, 1.54) is 13.2 Å². The van der Waals surface area contributed by atoms with Gasteiger partial charge in [0.1, 0.15) is 11.6 Å². The Morgan fingerprint density at radius 3 is 2.57 bits per heavy atom. The number of halogens is 2. The number of benzene rings is 2. The molecule has 7 nitrogen and oxygen atoms in total. The quantitative estimate of drug-likeness (QED) is 0.571. The molecule has 0 atom stereocenters. The molecule has 0 saturated carbocycles. The van der Waals surface area contributed by atoms with Gasteiger partial charge in [-0.25, -0.2) is 9.18 Å². The Morgan fingerprint density at radius 2 is 1.93 bits per heavy atom. The highest BCUT2D eigenvalue weighted by molar-refractivity contribution is 9.10. The number of rotatable bonds is 8. The zero-order chi connectivity index (χ0) is 20.5. The number of imide groups is 1. The average Bonchev–Trinajstić information content (AvgIpc) is 2.65. The summed E-state index contributed by atoms with van der Waals surface area (Å²) in [5.41, 5.74) is 0.868. The maximum atomic E-state index is 13.9. The van der Waals surface area contributed by atoms with Crippen LogP contribution in [0.1, 0.15) is 5.56 Å². The van der Waals surface area contributed by atoms with Crippen LogP contribution in [0.2, 0.25) is 0 Å². The van der Waals surface area contributed by atoms with E-state index in [1.807, 2.05) is 0 Å². The number of hydrogen-bond donors (Lipinski definition) is 3. The third-order valence-electron chi connectivity index (χ3n) is 3.79. The molecule has 0 aliphatic carbocycles. The van der Waals surface area contributed by atoms with Gasteiger partial charge < -0.3 is 15.2 Å². The number of hydrogen-bond acceptors (Lipinski definition) is 5. The SMILES string of the molecule is COc1ccc(NC(=O)NC(=O)CN(CCO)Cc2cc(Br)ccc2F)cc1.